The van der Waals surface area contributed by atoms with Crippen LogP contribution in [0.1, 0.15) is 16.7 Å². The highest BCUT2D eigenvalue weighted by molar-refractivity contribution is 7.80. The first-order valence-electron chi connectivity index (χ1n) is 3.42. The Morgan fingerprint density at radius 3 is 2.09 bits per heavy atom. The van der Waals surface area contributed by atoms with E-state index in [-0.39, 0.29) is 0 Å². The van der Waals surface area contributed by atoms with Gasteiger partial charge in [0.2, 0.25) is 0 Å². The SMILES string of the molecule is C#Cc1cc(C)c(S)c(C)c1. The van der Waals surface area contributed by atoms with Gasteiger partial charge in [-0.3, -0.25) is 0 Å². The first-order chi connectivity index (χ1) is 5.15. The van der Waals surface area contributed by atoms with Crippen LogP contribution in [0, 0.1) is 26.2 Å². The van der Waals surface area contributed by atoms with Crippen molar-refractivity contribution in [3.8, 4) is 12.3 Å². The van der Waals surface area contributed by atoms with Crippen LogP contribution in [0.5, 0.6) is 0 Å². The van der Waals surface area contributed by atoms with Crippen LogP contribution in [0.3, 0.4) is 0 Å². The Morgan fingerprint density at radius 1 is 1.27 bits per heavy atom. The van der Waals surface area contributed by atoms with Gasteiger partial charge in [0, 0.05) is 10.5 Å². The van der Waals surface area contributed by atoms with Crippen molar-refractivity contribution in [3.05, 3.63) is 28.8 Å². The molecule has 1 heteroatoms. The molecule has 0 amide bonds. The second-order valence-electron chi connectivity index (χ2n) is 2.60. The number of hydrogen-bond acceptors (Lipinski definition) is 1. The highest BCUT2D eigenvalue weighted by Crippen LogP contribution is 2.19. The van der Waals surface area contributed by atoms with E-state index in [2.05, 4.69) is 18.5 Å². The molecule has 0 fully saturated rings. The molecule has 0 aliphatic carbocycles. The zero-order valence-electron chi connectivity index (χ0n) is 6.68. The molecule has 0 aliphatic rings. The van der Waals surface area contributed by atoms with E-state index in [0.29, 0.717) is 0 Å². The van der Waals surface area contributed by atoms with Crippen LogP contribution in [0.15, 0.2) is 17.0 Å². The van der Waals surface area contributed by atoms with Crippen LogP contribution in [0.25, 0.3) is 0 Å². The topological polar surface area (TPSA) is 0 Å². The van der Waals surface area contributed by atoms with Crippen molar-refractivity contribution in [3.63, 3.8) is 0 Å². The molecule has 0 aromatic heterocycles. The molecule has 1 aromatic rings. The van der Waals surface area contributed by atoms with Crippen LogP contribution in [0.4, 0.5) is 0 Å². The lowest BCUT2D eigenvalue weighted by molar-refractivity contribution is 1.22. The van der Waals surface area contributed by atoms with Gasteiger partial charge in [-0.15, -0.1) is 19.1 Å². The molecular weight excluding hydrogens is 152 g/mol. The fourth-order valence-electron chi connectivity index (χ4n) is 1.04. The smallest absolute Gasteiger partial charge is 0.0248 e. The maximum atomic E-state index is 5.26. The number of terminal acetylenes is 1. The molecule has 1 aromatic carbocycles. The Balaban J connectivity index is 3.35. The van der Waals surface area contributed by atoms with E-state index in [0.717, 1.165) is 21.6 Å². The van der Waals surface area contributed by atoms with Crippen LogP contribution in [0.2, 0.25) is 0 Å². The molecule has 0 bridgehead atoms. The third-order valence-corrected chi connectivity index (χ3v) is 2.36. The Bertz CT molecular complexity index is 295. The third-order valence-electron chi connectivity index (χ3n) is 1.66. The second kappa shape index (κ2) is 3.02. The van der Waals surface area contributed by atoms with E-state index in [1.54, 1.807) is 0 Å². The van der Waals surface area contributed by atoms with Gasteiger partial charge in [0.05, 0.1) is 0 Å². The summed E-state index contributed by atoms with van der Waals surface area (Å²) in [5.41, 5.74) is 3.21. The fourth-order valence-corrected chi connectivity index (χ4v) is 1.17. The minimum atomic E-state index is 0.929. The highest BCUT2D eigenvalue weighted by atomic mass is 32.1. The highest BCUT2D eigenvalue weighted by Gasteiger charge is 1.98. The van der Waals surface area contributed by atoms with Crippen LogP contribution in [-0.4, -0.2) is 0 Å². The van der Waals surface area contributed by atoms with Crippen molar-refractivity contribution in [1.29, 1.82) is 0 Å². The summed E-state index contributed by atoms with van der Waals surface area (Å²) >= 11 is 4.33. The fraction of sp³-hybridized carbons (Fsp3) is 0.200. The number of hydrogen-bond donors (Lipinski definition) is 1. The molecule has 0 nitrogen and oxygen atoms in total. The first kappa shape index (κ1) is 8.23. The summed E-state index contributed by atoms with van der Waals surface area (Å²) in [6, 6.07) is 3.94. The Hall–Kier alpha value is -0.870. The number of benzene rings is 1. The van der Waals surface area contributed by atoms with Crippen LogP contribution < -0.4 is 0 Å². The second-order valence-corrected chi connectivity index (χ2v) is 3.05. The normalized spacial score (nSPS) is 9.27. The van der Waals surface area contributed by atoms with Crippen molar-refractivity contribution < 1.29 is 0 Å². The largest absolute Gasteiger partial charge is 0.143 e. The van der Waals surface area contributed by atoms with E-state index in [9.17, 15) is 0 Å². The number of aryl methyl sites for hydroxylation is 2. The van der Waals surface area contributed by atoms with E-state index in [1.165, 1.54) is 0 Å². The Kier molecular flexibility index (Phi) is 2.26. The molecule has 0 radical (unpaired) electrons. The minimum absolute atomic E-state index is 0.929. The zero-order chi connectivity index (χ0) is 8.43. The Morgan fingerprint density at radius 2 is 1.73 bits per heavy atom. The summed E-state index contributed by atoms with van der Waals surface area (Å²) in [6.45, 7) is 4.02. The van der Waals surface area contributed by atoms with Crippen molar-refractivity contribution >= 4 is 12.6 Å². The van der Waals surface area contributed by atoms with E-state index in [1.807, 2.05) is 26.0 Å². The molecule has 0 unspecified atom stereocenters. The quantitative estimate of drug-likeness (QED) is 0.440. The molecule has 0 aliphatic heterocycles. The van der Waals surface area contributed by atoms with Crippen LogP contribution >= 0.6 is 12.6 Å². The van der Waals surface area contributed by atoms with Crippen molar-refractivity contribution in [2.45, 2.75) is 18.7 Å². The first-order valence-corrected chi connectivity index (χ1v) is 3.86. The molecule has 11 heavy (non-hydrogen) atoms. The van der Waals surface area contributed by atoms with E-state index >= 15 is 0 Å². The van der Waals surface area contributed by atoms with Crippen molar-refractivity contribution in [1.82, 2.24) is 0 Å². The molecule has 56 valence electrons. The molecule has 1 rings (SSSR count). The Labute approximate surface area is 73.0 Å². The third kappa shape index (κ3) is 1.58. The van der Waals surface area contributed by atoms with Gasteiger partial charge in [0.1, 0.15) is 0 Å². The summed E-state index contributed by atoms with van der Waals surface area (Å²) in [4.78, 5) is 1.03. The van der Waals surface area contributed by atoms with Crippen LogP contribution in [-0.2, 0) is 0 Å². The summed E-state index contributed by atoms with van der Waals surface area (Å²) in [7, 11) is 0. The molecule has 0 N–H and O–H groups in total. The number of rotatable bonds is 0. The maximum Gasteiger partial charge on any atom is 0.0248 e. The van der Waals surface area contributed by atoms with Gasteiger partial charge in [-0.25, -0.2) is 0 Å². The predicted octanol–water partition coefficient (Wildman–Crippen LogP) is 2.57. The molecule has 0 atom stereocenters. The lowest BCUT2D eigenvalue weighted by Gasteiger charge is -2.03. The minimum Gasteiger partial charge on any atom is -0.143 e. The summed E-state index contributed by atoms with van der Waals surface area (Å²) < 4.78 is 0. The predicted molar refractivity (Wildman–Crippen MR) is 51.1 cm³/mol. The van der Waals surface area contributed by atoms with Gasteiger partial charge in [-0.1, -0.05) is 5.92 Å². The lowest BCUT2D eigenvalue weighted by atomic mass is 10.1. The average molecular weight is 162 g/mol. The van der Waals surface area contributed by atoms with Gasteiger partial charge in [0.25, 0.3) is 0 Å². The number of thiol groups is 1. The van der Waals surface area contributed by atoms with Gasteiger partial charge in [0.15, 0.2) is 0 Å². The van der Waals surface area contributed by atoms with Gasteiger partial charge < -0.3 is 0 Å². The summed E-state index contributed by atoms with van der Waals surface area (Å²) in [5.74, 6) is 2.60. The maximum absolute atomic E-state index is 5.26. The monoisotopic (exact) mass is 162 g/mol. The van der Waals surface area contributed by atoms with Crippen molar-refractivity contribution in [2.75, 3.05) is 0 Å². The lowest BCUT2D eigenvalue weighted by Crippen LogP contribution is -1.84. The summed E-state index contributed by atoms with van der Waals surface area (Å²) in [6.07, 6.45) is 5.26. The zero-order valence-corrected chi connectivity index (χ0v) is 7.57. The van der Waals surface area contributed by atoms with E-state index < -0.39 is 0 Å². The molecule has 0 saturated carbocycles. The molecule has 0 heterocycles. The van der Waals surface area contributed by atoms with Gasteiger partial charge in [-0.2, -0.15) is 0 Å². The van der Waals surface area contributed by atoms with E-state index in [4.69, 9.17) is 6.42 Å². The van der Waals surface area contributed by atoms with Gasteiger partial charge in [-0.05, 0) is 37.1 Å². The summed E-state index contributed by atoms with van der Waals surface area (Å²) in [5, 5.41) is 0. The van der Waals surface area contributed by atoms with Crippen molar-refractivity contribution in [2.24, 2.45) is 0 Å². The average Bonchev–Trinajstić information content (AvgIpc) is 1.99. The molecule has 0 saturated heterocycles. The molecule has 0 spiro atoms. The van der Waals surface area contributed by atoms with Gasteiger partial charge >= 0.3 is 0 Å². The molecular formula is C10H10S. The standard InChI is InChI=1S/C10H10S/c1-4-9-5-7(2)10(11)8(3)6-9/h1,5-6,11H,2-3H3.